The van der Waals surface area contributed by atoms with Gasteiger partial charge in [-0.15, -0.1) is 0 Å². The van der Waals surface area contributed by atoms with E-state index in [2.05, 4.69) is 5.32 Å². The van der Waals surface area contributed by atoms with Crippen molar-refractivity contribution in [1.29, 1.82) is 0 Å². The summed E-state index contributed by atoms with van der Waals surface area (Å²) < 4.78 is 0. The van der Waals surface area contributed by atoms with E-state index in [0.29, 0.717) is 12.6 Å². The minimum Gasteiger partial charge on any atom is -0.396 e. The summed E-state index contributed by atoms with van der Waals surface area (Å²) in [4.78, 5) is 0. The van der Waals surface area contributed by atoms with Crippen molar-refractivity contribution in [2.24, 2.45) is 5.92 Å². The van der Waals surface area contributed by atoms with Gasteiger partial charge in [-0.25, -0.2) is 0 Å². The summed E-state index contributed by atoms with van der Waals surface area (Å²) in [7, 11) is 0. The summed E-state index contributed by atoms with van der Waals surface area (Å²) in [5, 5.41) is 12.9. The van der Waals surface area contributed by atoms with Crippen LogP contribution in [0.4, 0.5) is 0 Å². The predicted octanol–water partition coefficient (Wildman–Crippen LogP) is 2.46. The molecule has 0 saturated heterocycles. The smallest absolute Gasteiger partial charge is 0.0445 e. The van der Waals surface area contributed by atoms with E-state index < -0.39 is 0 Å². The molecule has 0 spiro atoms. The van der Waals surface area contributed by atoms with Crippen LogP contribution in [-0.2, 0) is 0 Å². The molecule has 0 bridgehead atoms. The summed E-state index contributed by atoms with van der Waals surface area (Å²) in [5.74, 6) is 0.875. The first-order chi connectivity index (χ1) is 7.40. The molecular weight excluding hydrogens is 186 g/mol. The zero-order valence-corrected chi connectivity index (χ0v) is 9.75. The van der Waals surface area contributed by atoms with Crippen molar-refractivity contribution >= 4 is 0 Å². The molecule has 0 heterocycles. The molecule has 88 valence electrons. The second-order valence-electron chi connectivity index (χ2n) is 5.31. The Hall–Kier alpha value is -0.0800. The van der Waals surface area contributed by atoms with Gasteiger partial charge in [0.05, 0.1) is 0 Å². The van der Waals surface area contributed by atoms with Crippen molar-refractivity contribution in [3.05, 3.63) is 0 Å². The second kappa shape index (κ2) is 5.86. The molecule has 2 heteroatoms. The molecule has 2 aliphatic rings. The van der Waals surface area contributed by atoms with E-state index in [0.717, 1.165) is 18.4 Å². The van der Waals surface area contributed by atoms with Crippen LogP contribution < -0.4 is 5.32 Å². The molecule has 0 aromatic carbocycles. The van der Waals surface area contributed by atoms with Crippen LogP contribution in [0, 0.1) is 5.92 Å². The van der Waals surface area contributed by atoms with E-state index in [1.54, 1.807) is 0 Å². The summed E-state index contributed by atoms with van der Waals surface area (Å²) in [6, 6.07) is 1.35. The van der Waals surface area contributed by atoms with Crippen molar-refractivity contribution in [2.75, 3.05) is 6.61 Å². The first-order valence-corrected chi connectivity index (χ1v) is 6.77. The Morgan fingerprint density at radius 3 is 2.20 bits per heavy atom. The van der Waals surface area contributed by atoms with Crippen molar-refractivity contribution in [3.63, 3.8) is 0 Å². The van der Waals surface area contributed by atoms with Gasteiger partial charge in [0.15, 0.2) is 0 Å². The number of aliphatic hydroxyl groups is 1. The monoisotopic (exact) mass is 211 g/mol. The molecule has 0 radical (unpaired) electrons. The van der Waals surface area contributed by atoms with E-state index in [4.69, 9.17) is 5.11 Å². The Kier molecular flexibility index (Phi) is 4.45. The zero-order chi connectivity index (χ0) is 10.5. The third kappa shape index (κ3) is 3.76. The summed E-state index contributed by atoms with van der Waals surface area (Å²) in [5.41, 5.74) is 0. The third-order valence-corrected chi connectivity index (χ3v) is 3.94. The van der Waals surface area contributed by atoms with Crippen LogP contribution in [0.2, 0.25) is 0 Å². The van der Waals surface area contributed by atoms with Crippen LogP contribution in [0.1, 0.15) is 57.8 Å². The van der Waals surface area contributed by atoms with Crippen molar-refractivity contribution in [2.45, 2.75) is 69.9 Å². The zero-order valence-electron chi connectivity index (χ0n) is 9.75. The topological polar surface area (TPSA) is 32.3 Å². The van der Waals surface area contributed by atoms with E-state index in [-0.39, 0.29) is 0 Å². The Balaban J connectivity index is 1.75. The SMILES string of the molecule is OCCC(NC1CCCCCC1)C1CC1. The van der Waals surface area contributed by atoms with Gasteiger partial charge in [0.1, 0.15) is 0 Å². The molecule has 2 aliphatic carbocycles. The highest BCUT2D eigenvalue weighted by molar-refractivity contribution is 4.88. The van der Waals surface area contributed by atoms with Gasteiger partial charge in [-0.1, -0.05) is 25.7 Å². The molecule has 0 aliphatic heterocycles. The molecule has 0 aromatic heterocycles. The number of rotatable bonds is 5. The highest BCUT2D eigenvalue weighted by Gasteiger charge is 2.31. The maximum atomic E-state index is 9.06. The fraction of sp³-hybridized carbons (Fsp3) is 1.00. The van der Waals surface area contributed by atoms with Gasteiger partial charge >= 0.3 is 0 Å². The van der Waals surface area contributed by atoms with Crippen LogP contribution in [0.25, 0.3) is 0 Å². The molecule has 2 rings (SSSR count). The molecule has 0 aromatic rings. The highest BCUT2D eigenvalue weighted by Crippen LogP contribution is 2.34. The lowest BCUT2D eigenvalue weighted by Crippen LogP contribution is -2.40. The molecule has 2 saturated carbocycles. The van der Waals surface area contributed by atoms with Crippen LogP contribution in [0.5, 0.6) is 0 Å². The normalized spacial score (nSPS) is 26.2. The van der Waals surface area contributed by atoms with Crippen molar-refractivity contribution < 1.29 is 5.11 Å². The fourth-order valence-corrected chi connectivity index (χ4v) is 2.84. The lowest BCUT2D eigenvalue weighted by Gasteiger charge is -2.24. The van der Waals surface area contributed by atoms with Crippen LogP contribution in [-0.4, -0.2) is 23.8 Å². The minimum absolute atomic E-state index is 0.348. The average molecular weight is 211 g/mol. The maximum absolute atomic E-state index is 9.06. The second-order valence-corrected chi connectivity index (χ2v) is 5.31. The largest absolute Gasteiger partial charge is 0.396 e. The van der Waals surface area contributed by atoms with Gasteiger partial charge < -0.3 is 10.4 Å². The van der Waals surface area contributed by atoms with Gasteiger partial charge in [-0.2, -0.15) is 0 Å². The molecule has 2 nitrogen and oxygen atoms in total. The number of hydrogen-bond acceptors (Lipinski definition) is 2. The van der Waals surface area contributed by atoms with E-state index in [1.165, 1.54) is 51.4 Å². The third-order valence-electron chi connectivity index (χ3n) is 3.94. The standard InChI is InChI=1S/C13H25NO/c15-10-9-13(11-7-8-11)14-12-5-3-1-2-4-6-12/h11-15H,1-10H2. The maximum Gasteiger partial charge on any atom is 0.0445 e. The number of aliphatic hydroxyl groups excluding tert-OH is 1. The Labute approximate surface area is 93.5 Å². The Morgan fingerprint density at radius 2 is 1.67 bits per heavy atom. The average Bonchev–Trinajstić information content (AvgIpc) is 3.05. The highest BCUT2D eigenvalue weighted by atomic mass is 16.3. The number of nitrogens with one attached hydrogen (secondary N) is 1. The molecule has 2 N–H and O–H groups in total. The molecule has 0 amide bonds. The molecular formula is C13H25NO. The van der Waals surface area contributed by atoms with E-state index in [1.807, 2.05) is 0 Å². The fourth-order valence-electron chi connectivity index (χ4n) is 2.84. The summed E-state index contributed by atoms with van der Waals surface area (Å²) >= 11 is 0. The van der Waals surface area contributed by atoms with Gasteiger partial charge in [-0.3, -0.25) is 0 Å². The first-order valence-electron chi connectivity index (χ1n) is 6.77. The van der Waals surface area contributed by atoms with Gasteiger partial charge in [0.25, 0.3) is 0 Å². The first kappa shape index (κ1) is 11.4. The van der Waals surface area contributed by atoms with Crippen LogP contribution >= 0.6 is 0 Å². The van der Waals surface area contributed by atoms with Gasteiger partial charge in [0.2, 0.25) is 0 Å². The lowest BCUT2D eigenvalue weighted by atomic mass is 10.0. The summed E-state index contributed by atoms with van der Waals surface area (Å²) in [6.07, 6.45) is 12.1. The Morgan fingerprint density at radius 1 is 1.00 bits per heavy atom. The quantitative estimate of drug-likeness (QED) is 0.685. The van der Waals surface area contributed by atoms with E-state index >= 15 is 0 Å². The molecule has 2 fully saturated rings. The lowest BCUT2D eigenvalue weighted by molar-refractivity contribution is 0.244. The molecule has 15 heavy (non-hydrogen) atoms. The van der Waals surface area contributed by atoms with Gasteiger partial charge in [-0.05, 0) is 38.0 Å². The molecule has 1 unspecified atom stereocenters. The van der Waals surface area contributed by atoms with Crippen molar-refractivity contribution in [1.82, 2.24) is 5.32 Å². The van der Waals surface area contributed by atoms with Gasteiger partial charge in [0, 0.05) is 18.7 Å². The predicted molar refractivity (Wildman–Crippen MR) is 62.8 cm³/mol. The minimum atomic E-state index is 0.348. The van der Waals surface area contributed by atoms with Crippen molar-refractivity contribution in [3.8, 4) is 0 Å². The Bertz CT molecular complexity index is 171. The van der Waals surface area contributed by atoms with Crippen LogP contribution in [0.3, 0.4) is 0 Å². The summed E-state index contributed by atoms with van der Waals surface area (Å²) in [6.45, 7) is 0.348. The molecule has 1 atom stereocenters. The number of hydrogen-bond donors (Lipinski definition) is 2. The van der Waals surface area contributed by atoms with Crippen LogP contribution in [0.15, 0.2) is 0 Å². The van der Waals surface area contributed by atoms with E-state index in [9.17, 15) is 0 Å².